The monoisotopic (exact) mass is 351 g/mol. The highest BCUT2D eigenvalue weighted by atomic mass is 15.5. The summed E-state index contributed by atoms with van der Waals surface area (Å²) >= 11 is 0. The molecule has 0 unspecified atom stereocenters. The number of hydrogen-bond acceptors (Lipinski definition) is 2. The SMILES string of the molecule is c1ccc2[nH]c(-c3ccc4nn(-c5ccc6[nH+]c[nH]c6c5)nc4c3)cc2c1. The Labute approximate surface area is 153 Å². The van der Waals surface area contributed by atoms with E-state index < -0.39 is 0 Å². The minimum Gasteiger partial charge on any atom is -0.355 e. The molecular formula is C21H15N6+. The number of para-hydroxylation sites is 1. The van der Waals surface area contributed by atoms with Crippen LogP contribution in [-0.2, 0) is 0 Å². The number of nitrogens with zero attached hydrogens (tertiary/aromatic N) is 3. The fraction of sp³-hybridized carbons (Fsp3) is 0. The third-order valence-electron chi connectivity index (χ3n) is 4.91. The normalized spacial score (nSPS) is 11.7. The average molecular weight is 351 g/mol. The van der Waals surface area contributed by atoms with Crippen molar-refractivity contribution < 1.29 is 4.98 Å². The van der Waals surface area contributed by atoms with Gasteiger partial charge in [-0.25, -0.2) is 9.97 Å². The number of fused-ring (bicyclic) bond motifs is 3. The van der Waals surface area contributed by atoms with Crippen LogP contribution in [0.3, 0.4) is 0 Å². The maximum atomic E-state index is 4.68. The van der Waals surface area contributed by atoms with E-state index in [1.165, 1.54) is 5.39 Å². The maximum Gasteiger partial charge on any atom is 0.240 e. The smallest absolute Gasteiger partial charge is 0.240 e. The molecule has 3 aromatic heterocycles. The lowest BCUT2D eigenvalue weighted by Crippen LogP contribution is -1.99. The number of nitrogens with one attached hydrogen (secondary N) is 3. The molecule has 6 aromatic rings. The number of aromatic nitrogens is 6. The minimum atomic E-state index is 0.865. The maximum absolute atomic E-state index is 4.68. The Morgan fingerprint density at radius 2 is 1.74 bits per heavy atom. The van der Waals surface area contributed by atoms with Crippen LogP contribution in [0.15, 0.2) is 73.1 Å². The van der Waals surface area contributed by atoms with Crippen molar-refractivity contribution in [1.29, 1.82) is 0 Å². The van der Waals surface area contributed by atoms with Gasteiger partial charge < -0.3 is 4.98 Å². The summed E-state index contributed by atoms with van der Waals surface area (Å²) in [7, 11) is 0. The van der Waals surface area contributed by atoms with E-state index in [9.17, 15) is 0 Å². The predicted molar refractivity (Wildman–Crippen MR) is 105 cm³/mol. The Morgan fingerprint density at radius 3 is 2.70 bits per heavy atom. The molecule has 6 rings (SSSR count). The van der Waals surface area contributed by atoms with Crippen LogP contribution < -0.4 is 4.98 Å². The number of benzene rings is 3. The molecule has 128 valence electrons. The first kappa shape index (κ1) is 14.3. The average Bonchev–Trinajstić information content (AvgIpc) is 3.42. The molecule has 0 spiro atoms. The van der Waals surface area contributed by atoms with Crippen LogP contribution in [0.5, 0.6) is 0 Å². The lowest BCUT2D eigenvalue weighted by Gasteiger charge is -1.96. The van der Waals surface area contributed by atoms with Crippen LogP contribution in [0.25, 0.3) is 49.9 Å². The fourth-order valence-corrected chi connectivity index (χ4v) is 3.52. The molecule has 6 heteroatoms. The Kier molecular flexibility index (Phi) is 2.79. The van der Waals surface area contributed by atoms with Crippen LogP contribution in [0, 0.1) is 0 Å². The standard InChI is InChI=1S/C21H14N6/c1-2-4-16-13(3-1)9-19(24-16)14-5-7-18-21(10-14)26-27(25-18)15-6-8-17-20(11-15)23-12-22-17/h1-12,24H,(H,22,23)/p+1. The van der Waals surface area contributed by atoms with Gasteiger partial charge in [-0.2, -0.15) is 4.80 Å². The number of rotatable bonds is 2. The van der Waals surface area contributed by atoms with Gasteiger partial charge in [-0.1, -0.05) is 24.3 Å². The van der Waals surface area contributed by atoms with Crippen molar-refractivity contribution in [2.45, 2.75) is 0 Å². The van der Waals surface area contributed by atoms with Crippen molar-refractivity contribution >= 4 is 33.0 Å². The van der Waals surface area contributed by atoms with Gasteiger partial charge in [0.2, 0.25) is 6.33 Å². The summed E-state index contributed by atoms with van der Waals surface area (Å²) in [4.78, 5) is 11.5. The largest absolute Gasteiger partial charge is 0.355 e. The van der Waals surface area contributed by atoms with Gasteiger partial charge in [0, 0.05) is 28.2 Å². The summed E-state index contributed by atoms with van der Waals surface area (Å²) in [6.07, 6.45) is 1.81. The summed E-state index contributed by atoms with van der Waals surface area (Å²) < 4.78 is 0. The molecule has 3 heterocycles. The second-order valence-electron chi connectivity index (χ2n) is 6.63. The molecule has 0 bridgehead atoms. The van der Waals surface area contributed by atoms with Gasteiger partial charge in [-0.05, 0) is 36.4 Å². The summed E-state index contributed by atoms with van der Waals surface area (Å²) in [6.45, 7) is 0. The van der Waals surface area contributed by atoms with E-state index in [0.29, 0.717) is 0 Å². The molecule has 6 nitrogen and oxygen atoms in total. The quantitative estimate of drug-likeness (QED) is 0.497. The van der Waals surface area contributed by atoms with Crippen molar-refractivity contribution in [2.24, 2.45) is 0 Å². The molecule has 0 fully saturated rings. The van der Waals surface area contributed by atoms with Crippen molar-refractivity contribution in [1.82, 2.24) is 25.0 Å². The zero-order chi connectivity index (χ0) is 17.8. The van der Waals surface area contributed by atoms with E-state index in [4.69, 9.17) is 0 Å². The second-order valence-corrected chi connectivity index (χ2v) is 6.63. The lowest BCUT2D eigenvalue weighted by molar-refractivity contribution is -0.344. The second kappa shape index (κ2) is 5.28. The van der Waals surface area contributed by atoms with Crippen LogP contribution >= 0.6 is 0 Å². The molecule has 0 atom stereocenters. The number of imidazole rings is 1. The molecule has 3 N–H and O–H groups in total. The third kappa shape index (κ3) is 2.23. The van der Waals surface area contributed by atoms with E-state index in [1.807, 2.05) is 42.7 Å². The number of hydrogen-bond donors (Lipinski definition) is 2. The predicted octanol–water partition coefficient (Wildman–Crippen LogP) is 3.86. The van der Waals surface area contributed by atoms with Gasteiger partial charge in [0.25, 0.3) is 0 Å². The highest BCUT2D eigenvalue weighted by Crippen LogP contribution is 2.26. The first-order valence-corrected chi connectivity index (χ1v) is 8.78. The van der Waals surface area contributed by atoms with E-state index in [0.717, 1.165) is 44.5 Å². The van der Waals surface area contributed by atoms with E-state index >= 15 is 0 Å². The van der Waals surface area contributed by atoms with E-state index in [2.05, 4.69) is 55.5 Å². The highest BCUT2D eigenvalue weighted by Gasteiger charge is 2.10. The molecule has 0 aliphatic heterocycles. The van der Waals surface area contributed by atoms with Crippen molar-refractivity contribution in [3.63, 3.8) is 0 Å². The Morgan fingerprint density at radius 1 is 0.815 bits per heavy atom. The molecule has 0 radical (unpaired) electrons. The zero-order valence-electron chi connectivity index (χ0n) is 14.3. The van der Waals surface area contributed by atoms with Crippen LogP contribution in [-0.4, -0.2) is 25.0 Å². The molecule has 0 aliphatic rings. The molecule has 0 saturated carbocycles. The van der Waals surface area contributed by atoms with Gasteiger partial charge in [0.15, 0.2) is 11.0 Å². The Balaban J connectivity index is 1.46. The van der Waals surface area contributed by atoms with Gasteiger partial charge in [-0.15, -0.1) is 10.2 Å². The van der Waals surface area contributed by atoms with Crippen LogP contribution in [0.4, 0.5) is 0 Å². The van der Waals surface area contributed by atoms with E-state index in [1.54, 1.807) is 4.80 Å². The summed E-state index contributed by atoms with van der Waals surface area (Å²) in [5, 5.41) is 10.5. The Hall–Kier alpha value is -3.93. The van der Waals surface area contributed by atoms with Crippen LogP contribution in [0.2, 0.25) is 0 Å². The fourth-order valence-electron chi connectivity index (χ4n) is 3.52. The van der Waals surface area contributed by atoms with Crippen molar-refractivity contribution in [3.8, 4) is 16.9 Å². The summed E-state index contributed by atoms with van der Waals surface area (Å²) in [6, 6.07) is 22.7. The molecular weight excluding hydrogens is 336 g/mol. The van der Waals surface area contributed by atoms with Gasteiger partial charge in [-0.3, -0.25) is 0 Å². The van der Waals surface area contributed by atoms with Gasteiger partial charge >= 0.3 is 0 Å². The van der Waals surface area contributed by atoms with E-state index in [-0.39, 0.29) is 0 Å². The molecule has 0 saturated heterocycles. The molecule has 3 aromatic carbocycles. The first-order chi connectivity index (χ1) is 13.3. The first-order valence-electron chi connectivity index (χ1n) is 8.78. The number of aromatic amines is 3. The highest BCUT2D eigenvalue weighted by molar-refractivity contribution is 5.88. The minimum absolute atomic E-state index is 0.865. The molecule has 0 aliphatic carbocycles. The lowest BCUT2D eigenvalue weighted by atomic mass is 10.1. The van der Waals surface area contributed by atoms with Crippen molar-refractivity contribution in [2.75, 3.05) is 0 Å². The third-order valence-corrected chi connectivity index (χ3v) is 4.91. The van der Waals surface area contributed by atoms with Crippen molar-refractivity contribution in [3.05, 3.63) is 73.1 Å². The molecule has 0 amide bonds. The van der Waals surface area contributed by atoms with Crippen LogP contribution in [0.1, 0.15) is 0 Å². The van der Waals surface area contributed by atoms with Gasteiger partial charge in [0.1, 0.15) is 11.0 Å². The zero-order valence-corrected chi connectivity index (χ0v) is 14.3. The summed E-state index contributed by atoms with van der Waals surface area (Å²) in [5.41, 5.74) is 8.03. The van der Waals surface area contributed by atoms with Gasteiger partial charge in [0.05, 0.1) is 5.69 Å². The summed E-state index contributed by atoms with van der Waals surface area (Å²) in [5.74, 6) is 0. The number of H-pyrrole nitrogens is 3. The Bertz CT molecular complexity index is 1400. The molecule has 27 heavy (non-hydrogen) atoms. The topological polar surface area (TPSA) is 76.4 Å².